The molecule has 0 aromatic rings. The van der Waals surface area contributed by atoms with Gasteiger partial charge in [-0.15, -0.1) is 0 Å². The van der Waals surface area contributed by atoms with Gasteiger partial charge in [-0.1, -0.05) is 118 Å². The molecule has 0 saturated heterocycles. The molecule has 46 heavy (non-hydrogen) atoms. The summed E-state index contributed by atoms with van der Waals surface area (Å²) in [4.78, 5) is 27.5. The molecule has 0 fully saturated rings. The number of hydrogen-bond donors (Lipinski definition) is 2. The van der Waals surface area contributed by atoms with Crippen LogP contribution in [0.2, 0.25) is 0 Å². The summed E-state index contributed by atoms with van der Waals surface area (Å²) in [5.41, 5.74) is 0.771. The molecule has 2 unspecified atom stereocenters. The van der Waals surface area contributed by atoms with Crippen LogP contribution in [0.1, 0.15) is 144 Å². The molecule has 0 aliphatic heterocycles. The Morgan fingerprint density at radius 1 is 0.609 bits per heavy atom. The number of unbranched alkanes of at least 4 members (excludes halogenated alkanes) is 12. The van der Waals surface area contributed by atoms with E-state index in [2.05, 4.69) is 50.7 Å². The van der Waals surface area contributed by atoms with Crippen molar-refractivity contribution in [1.29, 1.82) is 0 Å². The fraction of sp³-hybridized carbons (Fsp3) is 0.842. The van der Waals surface area contributed by atoms with Crippen LogP contribution in [0.25, 0.3) is 0 Å². The van der Waals surface area contributed by atoms with Crippen molar-refractivity contribution in [3.8, 4) is 0 Å². The molecule has 0 aromatic heterocycles. The van der Waals surface area contributed by atoms with Crippen molar-refractivity contribution in [2.75, 3.05) is 52.5 Å². The smallest absolute Gasteiger partial charge is 0.333 e. The fourth-order valence-corrected chi connectivity index (χ4v) is 4.99. The summed E-state index contributed by atoms with van der Waals surface area (Å²) >= 11 is 0. The minimum atomic E-state index is -0.629. The Labute approximate surface area is 284 Å². The average Bonchev–Trinajstić information content (AvgIpc) is 3.03. The molecule has 272 valence electrons. The summed E-state index contributed by atoms with van der Waals surface area (Å²) in [6, 6.07) is -0.110. The van der Waals surface area contributed by atoms with Crippen LogP contribution in [-0.4, -0.2) is 96.6 Å². The van der Waals surface area contributed by atoms with Crippen molar-refractivity contribution < 1.29 is 29.3 Å². The molecule has 0 aromatic carbocycles. The number of rotatable bonds is 30. The summed E-state index contributed by atoms with van der Waals surface area (Å²) in [6.45, 7) is 24.0. The van der Waals surface area contributed by atoms with E-state index in [-0.39, 0.29) is 31.8 Å². The second kappa shape index (κ2) is 33.2. The zero-order valence-electron chi connectivity index (χ0n) is 31.0. The third-order valence-corrected chi connectivity index (χ3v) is 7.96. The van der Waals surface area contributed by atoms with Crippen LogP contribution in [0, 0.1) is 0 Å². The maximum Gasteiger partial charge on any atom is 0.333 e. The van der Waals surface area contributed by atoms with Crippen LogP contribution in [0.3, 0.4) is 0 Å². The highest BCUT2D eigenvalue weighted by Gasteiger charge is 2.19. The molecule has 2 N–H and O–H groups in total. The SMILES string of the molecule is C=C(C)C(=O)OCC(CO)N(CCCCCC)CCCCCC.C=C(C)C(=O)OCC(O)CN(CCCCCC)CCCCCC. The van der Waals surface area contributed by atoms with Crippen molar-refractivity contribution in [3.63, 3.8) is 0 Å². The van der Waals surface area contributed by atoms with Gasteiger partial charge in [-0.2, -0.15) is 0 Å². The van der Waals surface area contributed by atoms with Crippen LogP contribution in [-0.2, 0) is 19.1 Å². The van der Waals surface area contributed by atoms with Gasteiger partial charge in [0.2, 0.25) is 0 Å². The first-order valence-electron chi connectivity index (χ1n) is 18.5. The lowest BCUT2D eigenvalue weighted by molar-refractivity contribution is -0.142. The van der Waals surface area contributed by atoms with Crippen molar-refractivity contribution in [2.24, 2.45) is 0 Å². The van der Waals surface area contributed by atoms with Crippen molar-refractivity contribution in [2.45, 2.75) is 156 Å². The van der Waals surface area contributed by atoms with Gasteiger partial charge in [0.15, 0.2) is 0 Å². The van der Waals surface area contributed by atoms with Crippen molar-refractivity contribution in [1.82, 2.24) is 9.80 Å². The number of carbonyl (C=O) groups excluding carboxylic acids is 2. The first-order chi connectivity index (χ1) is 22.1. The van der Waals surface area contributed by atoms with E-state index in [0.717, 1.165) is 39.0 Å². The molecule has 8 nitrogen and oxygen atoms in total. The van der Waals surface area contributed by atoms with E-state index < -0.39 is 12.1 Å². The predicted molar refractivity (Wildman–Crippen MR) is 193 cm³/mol. The first-order valence-corrected chi connectivity index (χ1v) is 18.5. The highest BCUT2D eigenvalue weighted by molar-refractivity contribution is 5.87. The lowest BCUT2D eigenvalue weighted by atomic mass is 10.1. The van der Waals surface area contributed by atoms with E-state index in [4.69, 9.17) is 9.47 Å². The van der Waals surface area contributed by atoms with E-state index >= 15 is 0 Å². The Morgan fingerprint density at radius 3 is 1.33 bits per heavy atom. The molecule has 2 atom stereocenters. The molecule has 0 saturated carbocycles. The largest absolute Gasteiger partial charge is 0.461 e. The van der Waals surface area contributed by atoms with Crippen molar-refractivity contribution in [3.05, 3.63) is 24.3 Å². The average molecular weight is 655 g/mol. The van der Waals surface area contributed by atoms with Crippen LogP contribution in [0.15, 0.2) is 24.3 Å². The topological polar surface area (TPSA) is 99.5 Å². The van der Waals surface area contributed by atoms with Gasteiger partial charge in [0, 0.05) is 17.7 Å². The summed E-state index contributed by atoms with van der Waals surface area (Å²) in [7, 11) is 0. The fourth-order valence-electron chi connectivity index (χ4n) is 4.99. The molecule has 0 radical (unpaired) electrons. The third kappa shape index (κ3) is 28.5. The van der Waals surface area contributed by atoms with Crippen LogP contribution in [0.4, 0.5) is 0 Å². The molecule has 0 aliphatic carbocycles. The number of aliphatic hydroxyl groups excluding tert-OH is 2. The van der Waals surface area contributed by atoms with Gasteiger partial charge in [0.25, 0.3) is 0 Å². The van der Waals surface area contributed by atoms with Gasteiger partial charge < -0.3 is 24.6 Å². The van der Waals surface area contributed by atoms with E-state index in [1.54, 1.807) is 13.8 Å². The van der Waals surface area contributed by atoms with Gasteiger partial charge in [0.1, 0.15) is 19.3 Å². The zero-order chi connectivity index (χ0) is 35.0. The molecule has 0 amide bonds. The van der Waals surface area contributed by atoms with Crippen LogP contribution >= 0.6 is 0 Å². The summed E-state index contributed by atoms with van der Waals surface area (Å²) in [5.74, 6) is -0.804. The van der Waals surface area contributed by atoms with E-state index in [0.29, 0.717) is 17.7 Å². The molecule has 0 rings (SSSR count). The maximum atomic E-state index is 11.6. The number of ether oxygens (including phenoxy) is 2. The lowest BCUT2D eigenvalue weighted by Gasteiger charge is -2.30. The molecular formula is C38H74N2O6. The minimum Gasteiger partial charge on any atom is -0.461 e. The third-order valence-electron chi connectivity index (χ3n) is 7.96. The standard InChI is InChI=1S/2C19H37NO3/c1-5-7-9-11-13-20(14-12-10-8-6-2)18(15-21)16-23-19(22)17(3)4;1-5-7-9-11-13-20(14-12-10-8-6-2)15-18(21)16-23-19(22)17(3)4/h2*18,21H,3,5-16H2,1-2,4H3. The summed E-state index contributed by atoms with van der Waals surface area (Å²) < 4.78 is 10.3. The Kier molecular flexibility index (Phi) is 33.4. The summed E-state index contributed by atoms with van der Waals surface area (Å²) in [5, 5.41) is 19.8. The number of esters is 2. The second-order valence-corrected chi connectivity index (χ2v) is 12.8. The number of aliphatic hydroxyl groups is 2. The zero-order valence-corrected chi connectivity index (χ0v) is 31.0. The van der Waals surface area contributed by atoms with E-state index in [1.165, 1.54) is 89.9 Å². The highest BCUT2D eigenvalue weighted by atomic mass is 16.5. The monoisotopic (exact) mass is 655 g/mol. The van der Waals surface area contributed by atoms with Gasteiger partial charge in [-0.05, 0) is 65.7 Å². The summed E-state index contributed by atoms with van der Waals surface area (Å²) in [6.07, 6.45) is 18.8. The molecular weight excluding hydrogens is 580 g/mol. The minimum absolute atomic E-state index is 0.0189. The highest BCUT2D eigenvalue weighted by Crippen LogP contribution is 2.11. The Hall–Kier alpha value is -1.74. The number of carbonyl (C=O) groups is 2. The van der Waals surface area contributed by atoms with E-state index in [9.17, 15) is 19.8 Å². The number of nitrogens with zero attached hydrogens (tertiary/aromatic N) is 2. The van der Waals surface area contributed by atoms with Gasteiger partial charge in [-0.25, -0.2) is 9.59 Å². The molecule has 0 heterocycles. The molecule has 0 bridgehead atoms. The molecule has 0 spiro atoms. The van der Waals surface area contributed by atoms with E-state index in [1.807, 2.05) is 0 Å². The molecule has 0 aliphatic rings. The predicted octanol–water partition coefficient (Wildman–Crippen LogP) is 7.86. The quantitative estimate of drug-likeness (QED) is 0.0459. The lowest BCUT2D eigenvalue weighted by Crippen LogP contribution is -2.43. The van der Waals surface area contributed by atoms with Crippen molar-refractivity contribution >= 4 is 11.9 Å². The first kappa shape index (κ1) is 46.4. The van der Waals surface area contributed by atoms with Gasteiger partial charge in [0.05, 0.1) is 12.6 Å². The van der Waals surface area contributed by atoms with Gasteiger partial charge >= 0.3 is 11.9 Å². The molecule has 8 heteroatoms. The van der Waals surface area contributed by atoms with Crippen LogP contribution < -0.4 is 0 Å². The normalized spacial score (nSPS) is 12.4. The number of hydrogen-bond acceptors (Lipinski definition) is 8. The van der Waals surface area contributed by atoms with Gasteiger partial charge in [-0.3, -0.25) is 4.90 Å². The second-order valence-electron chi connectivity index (χ2n) is 12.8. The Bertz CT molecular complexity index is 735. The maximum absolute atomic E-state index is 11.6. The Morgan fingerprint density at radius 2 is 0.978 bits per heavy atom. The van der Waals surface area contributed by atoms with Crippen LogP contribution in [0.5, 0.6) is 0 Å². The Balaban J connectivity index is 0.